The van der Waals surface area contributed by atoms with E-state index < -0.39 is 31.0 Å². The van der Waals surface area contributed by atoms with Crippen molar-refractivity contribution < 1.29 is 35.1 Å². The number of aliphatic hydroxyl groups excluding tert-OH is 5. The van der Waals surface area contributed by atoms with Crippen LogP contribution in [0, 0.1) is 0 Å². The predicted octanol–water partition coefficient (Wildman–Crippen LogP) is 2.93. The summed E-state index contributed by atoms with van der Waals surface area (Å²) in [4.78, 5) is 21.0. The summed E-state index contributed by atoms with van der Waals surface area (Å²) in [6.07, 6.45) is 9.62. The molecule has 4 atom stereocenters. The van der Waals surface area contributed by atoms with E-state index in [-0.39, 0.29) is 18.9 Å². The van der Waals surface area contributed by atoms with E-state index in [4.69, 9.17) is 9.84 Å². The molecule has 230 valence electrons. The zero-order valence-corrected chi connectivity index (χ0v) is 24.3. The zero-order chi connectivity index (χ0) is 29.9. The number of hydrogen-bond acceptors (Lipinski definition) is 9. The molecule has 0 aliphatic carbocycles. The summed E-state index contributed by atoms with van der Waals surface area (Å²) in [7, 11) is 0. The van der Waals surface area contributed by atoms with Gasteiger partial charge in [0, 0.05) is 30.9 Å². The van der Waals surface area contributed by atoms with Crippen molar-refractivity contribution in [2.24, 2.45) is 0 Å². The molecule has 1 heterocycles. The number of nitrogens with one attached hydrogen (secondary N) is 1. The number of carbonyl (C=O) groups excluding carboxylic acids is 1. The van der Waals surface area contributed by atoms with Crippen LogP contribution in [0.4, 0.5) is 0 Å². The van der Waals surface area contributed by atoms with Gasteiger partial charge in [-0.3, -0.25) is 4.79 Å². The van der Waals surface area contributed by atoms with Crippen molar-refractivity contribution in [3.63, 3.8) is 0 Å². The van der Waals surface area contributed by atoms with Crippen molar-refractivity contribution in [1.29, 1.82) is 0 Å². The van der Waals surface area contributed by atoms with Crippen LogP contribution in [-0.4, -0.2) is 85.6 Å². The third-order valence-electron chi connectivity index (χ3n) is 7.04. The smallest absolute Gasteiger partial charge is 0.220 e. The molecule has 0 spiro atoms. The molecule has 0 bridgehead atoms. The van der Waals surface area contributed by atoms with Gasteiger partial charge in [-0.15, -0.1) is 0 Å². The Hall–Kier alpha value is -2.63. The van der Waals surface area contributed by atoms with Gasteiger partial charge in [-0.05, 0) is 55.5 Å². The third-order valence-corrected chi connectivity index (χ3v) is 7.04. The average molecular weight is 576 g/mol. The first kappa shape index (κ1) is 34.6. The third kappa shape index (κ3) is 13.7. The summed E-state index contributed by atoms with van der Waals surface area (Å²) in [5.74, 6) is 1.21. The van der Waals surface area contributed by atoms with Gasteiger partial charge in [0.05, 0.1) is 19.3 Å². The second-order valence-corrected chi connectivity index (χ2v) is 10.6. The van der Waals surface area contributed by atoms with Gasteiger partial charge in [0.2, 0.25) is 5.91 Å². The van der Waals surface area contributed by atoms with E-state index in [9.17, 15) is 25.2 Å². The number of benzene rings is 1. The van der Waals surface area contributed by atoms with Crippen molar-refractivity contribution in [2.75, 3.05) is 19.8 Å². The van der Waals surface area contributed by atoms with Crippen LogP contribution in [0.2, 0.25) is 0 Å². The Balaban J connectivity index is 1.56. The van der Waals surface area contributed by atoms with Gasteiger partial charge in [-0.25, -0.2) is 9.97 Å². The number of carbonyl (C=O) groups is 1. The quantitative estimate of drug-likeness (QED) is 0.116. The molecule has 0 aliphatic heterocycles. The number of hydrogen-bond donors (Lipinski definition) is 6. The summed E-state index contributed by atoms with van der Waals surface area (Å²) in [5.41, 5.74) is 2.12. The van der Waals surface area contributed by atoms with Crippen molar-refractivity contribution in [3.05, 3.63) is 42.2 Å². The maximum atomic E-state index is 11.9. The highest BCUT2D eigenvalue weighted by molar-refractivity contribution is 5.75. The van der Waals surface area contributed by atoms with Crippen LogP contribution in [0.25, 0.3) is 11.4 Å². The Bertz CT molecular complexity index is 959. The molecule has 2 rings (SSSR count). The molecule has 10 nitrogen and oxygen atoms in total. The summed E-state index contributed by atoms with van der Waals surface area (Å²) in [6, 6.07) is 7.76. The Morgan fingerprint density at radius 2 is 1.44 bits per heavy atom. The number of aromatic nitrogens is 2. The van der Waals surface area contributed by atoms with Crippen LogP contribution >= 0.6 is 0 Å². The second-order valence-electron chi connectivity index (χ2n) is 10.6. The lowest BCUT2D eigenvalue weighted by molar-refractivity contribution is -0.126. The second kappa shape index (κ2) is 20.3. The first-order valence-electron chi connectivity index (χ1n) is 15.0. The van der Waals surface area contributed by atoms with Crippen LogP contribution in [0.3, 0.4) is 0 Å². The van der Waals surface area contributed by atoms with Crippen LogP contribution in [0.15, 0.2) is 36.7 Å². The molecule has 0 saturated carbocycles. The van der Waals surface area contributed by atoms with Crippen molar-refractivity contribution in [2.45, 2.75) is 108 Å². The van der Waals surface area contributed by atoms with E-state index in [0.29, 0.717) is 18.9 Å². The molecule has 6 N–H and O–H groups in total. The maximum Gasteiger partial charge on any atom is 0.220 e. The molecule has 0 radical (unpaired) electrons. The van der Waals surface area contributed by atoms with Gasteiger partial charge in [0.25, 0.3) is 0 Å². The van der Waals surface area contributed by atoms with E-state index in [1.54, 1.807) is 0 Å². The van der Waals surface area contributed by atoms with Gasteiger partial charge >= 0.3 is 0 Å². The molecule has 2 aromatic rings. The molecular weight excluding hydrogens is 526 g/mol. The van der Waals surface area contributed by atoms with Crippen LogP contribution < -0.4 is 10.1 Å². The van der Waals surface area contributed by atoms with Crippen molar-refractivity contribution in [3.8, 4) is 17.1 Å². The summed E-state index contributed by atoms with van der Waals surface area (Å²) in [5, 5.41) is 49.8. The first-order chi connectivity index (χ1) is 19.8. The van der Waals surface area contributed by atoms with Crippen molar-refractivity contribution >= 4 is 5.91 Å². The number of nitrogens with zero attached hydrogens (tertiary/aromatic N) is 2. The first-order valence-corrected chi connectivity index (χ1v) is 15.0. The Kier molecular flexibility index (Phi) is 17.1. The number of rotatable bonds is 22. The van der Waals surface area contributed by atoms with E-state index >= 15 is 0 Å². The highest BCUT2D eigenvalue weighted by atomic mass is 16.5. The predicted molar refractivity (Wildman–Crippen MR) is 157 cm³/mol. The summed E-state index contributed by atoms with van der Waals surface area (Å²) >= 11 is 0. The van der Waals surface area contributed by atoms with Gasteiger partial charge in [-0.1, -0.05) is 51.9 Å². The Labute approximate surface area is 243 Å². The fourth-order valence-corrected chi connectivity index (χ4v) is 4.36. The highest BCUT2D eigenvalue weighted by Crippen LogP contribution is 2.20. The maximum absolute atomic E-state index is 11.9. The fourth-order valence-electron chi connectivity index (χ4n) is 4.36. The fraction of sp³-hybridized carbons (Fsp3) is 0.645. The molecule has 1 aromatic carbocycles. The standard InChI is InChI=1S/C31H49N3O7/c1-2-3-4-5-6-9-12-23-19-33-31(34-20-23)24-14-16-25(17-15-24)41-18-11-8-7-10-13-28(38)32-21-26(36)29(39)30(40)27(37)22-35/h14-17,19-20,26-27,29-30,35-37,39-40H,2-13,18,21-22H2,1H3,(H,32,38)/t26-,27+,29+,30-/m0/s1. The monoisotopic (exact) mass is 575 g/mol. The average Bonchev–Trinajstić information content (AvgIpc) is 3.00. The van der Waals surface area contributed by atoms with Gasteiger partial charge in [0.1, 0.15) is 24.1 Å². The molecule has 0 aliphatic rings. The minimum absolute atomic E-state index is 0.265. The highest BCUT2D eigenvalue weighted by Gasteiger charge is 2.30. The van der Waals surface area contributed by atoms with E-state index in [1.165, 1.54) is 44.1 Å². The van der Waals surface area contributed by atoms with E-state index in [2.05, 4.69) is 22.2 Å². The lowest BCUT2D eigenvalue weighted by atomic mass is 10.0. The van der Waals surface area contributed by atoms with Crippen LogP contribution in [0.5, 0.6) is 5.75 Å². The minimum atomic E-state index is -1.71. The molecule has 0 fully saturated rings. The lowest BCUT2D eigenvalue weighted by Crippen LogP contribution is -2.49. The molecular formula is C31H49N3O7. The lowest BCUT2D eigenvalue weighted by Gasteiger charge is -2.25. The molecule has 1 amide bonds. The van der Waals surface area contributed by atoms with Gasteiger partial charge in [-0.2, -0.15) is 0 Å². The largest absolute Gasteiger partial charge is 0.494 e. The SMILES string of the molecule is CCCCCCCCc1cnc(-c2ccc(OCCCCCCC(=O)NC[C@H](O)[C@@H](O)[C@@H](O)[C@H](O)CO)cc2)nc1. The van der Waals surface area contributed by atoms with Crippen LogP contribution in [0.1, 0.15) is 83.1 Å². The number of aliphatic hydroxyl groups is 5. The number of ether oxygens (including phenoxy) is 1. The molecule has 0 unspecified atom stereocenters. The van der Waals surface area contributed by atoms with Gasteiger partial charge in [0.15, 0.2) is 5.82 Å². The summed E-state index contributed by atoms with van der Waals surface area (Å²) < 4.78 is 5.83. The number of amides is 1. The zero-order valence-electron chi connectivity index (χ0n) is 24.3. The number of aryl methyl sites for hydroxylation is 1. The van der Waals surface area contributed by atoms with E-state index in [1.807, 2.05) is 36.7 Å². The summed E-state index contributed by atoms with van der Waals surface area (Å²) in [6.45, 7) is 1.79. The normalized spacial score (nSPS) is 14.3. The topological polar surface area (TPSA) is 165 Å². The molecule has 0 saturated heterocycles. The Morgan fingerprint density at radius 1 is 0.829 bits per heavy atom. The van der Waals surface area contributed by atoms with Crippen LogP contribution in [-0.2, 0) is 11.2 Å². The molecule has 41 heavy (non-hydrogen) atoms. The van der Waals surface area contributed by atoms with E-state index in [0.717, 1.165) is 37.0 Å². The number of unbranched alkanes of at least 4 members (excludes halogenated alkanes) is 8. The van der Waals surface area contributed by atoms with Gasteiger partial charge < -0.3 is 35.6 Å². The molecule has 1 aromatic heterocycles. The minimum Gasteiger partial charge on any atom is -0.494 e. The van der Waals surface area contributed by atoms with Crippen molar-refractivity contribution in [1.82, 2.24) is 15.3 Å². The Morgan fingerprint density at radius 3 is 2.12 bits per heavy atom. The molecule has 10 heteroatoms.